The van der Waals surface area contributed by atoms with Gasteiger partial charge in [0.15, 0.2) is 5.96 Å². The third-order valence-electron chi connectivity index (χ3n) is 1.92. The molecule has 0 radical (unpaired) electrons. The maximum atomic E-state index is 4.21. The maximum absolute atomic E-state index is 4.21. The quantitative estimate of drug-likeness (QED) is 0.604. The first kappa shape index (κ1) is 8.03. The van der Waals surface area contributed by atoms with E-state index in [4.69, 9.17) is 0 Å². The molecule has 0 bridgehead atoms. The van der Waals surface area contributed by atoms with E-state index >= 15 is 0 Å². The Bertz CT molecular complexity index is 315. The van der Waals surface area contributed by atoms with Crippen LogP contribution in [0.25, 0.3) is 0 Å². The zero-order valence-electron chi connectivity index (χ0n) is 7.49. The predicted molar refractivity (Wildman–Crippen MR) is 48.1 cm³/mol. The molecule has 13 heavy (non-hydrogen) atoms. The maximum Gasteiger partial charge on any atom is 0.191 e. The number of aliphatic imine (C=N–C) groups is 1. The molecule has 0 saturated carbocycles. The van der Waals surface area contributed by atoms with Crippen LogP contribution in [0, 0.1) is 0 Å². The number of hydrogen-bond donors (Lipinski definition) is 2. The lowest BCUT2D eigenvalue weighted by Crippen LogP contribution is -2.33. The second-order valence-electron chi connectivity index (χ2n) is 2.86. The summed E-state index contributed by atoms with van der Waals surface area (Å²) in [6.45, 7) is 2.48. The first-order valence-electron chi connectivity index (χ1n) is 4.22. The lowest BCUT2D eigenvalue weighted by molar-refractivity contribution is 0.663. The van der Waals surface area contributed by atoms with Crippen molar-refractivity contribution >= 4 is 5.96 Å². The number of guanidine groups is 1. The van der Waals surface area contributed by atoms with Gasteiger partial charge in [-0.1, -0.05) is 5.21 Å². The highest BCUT2D eigenvalue weighted by molar-refractivity contribution is 5.81. The van der Waals surface area contributed by atoms with Gasteiger partial charge in [-0.25, -0.2) is 0 Å². The van der Waals surface area contributed by atoms with Crippen LogP contribution in [-0.4, -0.2) is 34.0 Å². The molecular weight excluding hydrogens is 168 g/mol. The molecule has 0 spiro atoms. The van der Waals surface area contributed by atoms with E-state index in [1.54, 1.807) is 10.9 Å². The normalized spacial score (nSPS) is 15.3. The van der Waals surface area contributed by atoms with Crippen LogP contribution in [-0.2, 0) is 13.6 Å². The van der Waals surface area contributed by atoms with E-state index in [0.717, 1.165) is 24.7 Å². The van der Waals surface area contributed by atoms with Gasteiger partial charge in [-0.05, 0) is 0 Å². The predicted octanol–water partition coefficient (Wildman–Crippen LogP) is -1.14. The van der Waals surface area contributed by atoms with Crippen molar-refractivity contribution in [1.29, 1.82) is 0 Å². The third kappa shape index (κ3) is 1.77. The molecular formula is C7H12N6. The molecule has 0 unspecified atom stereocenters. The number of aromatic nitrogens is 3. The van der Waals surface area contributed by atoms with Gasteiger partial charge in [0.25, 0.3) is 0 Å². The van der Waals surface area contributed by atoms with Gasteiger partial charge in [0.05, 0.1) is 25.0 Å². The molecule has 0 atom stereocenters. The Morgan fingerprint density at radius 2 is 2.62 bits per heavy atom. The fourth-order valence-corrected chi connectivity index (χ4v) is 1.16. The molecule has 2 heterocycles. The van der Waals surface area contributed by atoms with Gasteiger partial charge in [-0.3, -0.25) is 9.67 Å². The van der Waals surface area contributed by atoms with Crippen molar-refractivity contribution in [1.82, 2.24) is 25.6 Å². The molecule has 0 aromatic carbocycles. The van der Waals surface area contributed by atoms with Crippen molar-refractivity contribution in [3.05, 3.63) is 11.9 Å². The highest BCUT2D eigenvalue weighted by atomic mass is 15.4. The van der Waals surface area contributed by atoms with Crippen molar-refractivity contribution in [3.8, 4) is 0 Å². The molecule has 1 aromatic heterocycles. The summed E-state index contributed by atoms with van der Waals surface area (Å²) in [7, 11) is 1.87. The summed E-state index contributed by atoms with van der Waals surface area (Å²) >= 11 is 0. The molecule has 6 heteroatoms. The van der Waals surface area contributed by atoms with E-state index in [1.807, 2.05) is 7.05 Å². The SMILES string of the molecule is Cn1nncc1CNC1=NCCN1. The van der Waals surface area contributed by atoms with Crippen LogP contribution in [0.2, 0.25) is 0 Å². The Hall–Kier alpha value is -1.59. The minimum absolute atomic E-state index is 0.704. The zero-order chi connectivity index (χ0) is 9.10. The number of rotatable bonds is 2. The number of aryl methyl sites for hydroxylation is 1. The monoisotopic (exact) mass is 180 g/mol. The van der Waals surface area contributed by atoms with Crippen LogP contribution < -0.4 is 10.6 Å². The molecule has 2 rings (SSSR count). The molecule has 0 aliphatic carbocycles. The molecule has 0 amide bonds. The topological polar surface area (TPSA) is 67.1 Å². The van der Waals surface area contributed by atoms with Crippen LogP contribution in [0.4, 0.5) is 0 Å². The molecule has 6 nitrogen and oxygen atoms in total. The van der Waals surface area contributed by atoms with Crippen LogP contribution in [0.15, 0.2) is 11.2 Å². The summed E-state index contributed by atoms with van der Waals surface area (Å²) < 4.78 is 1.74. The molecule has 1 aromatic rings. The van der Waals surface area contributed by atoms with Crippen LogP contribution in [0.1, 0.15) is 5.69 Å². The molecule has 2 N–H and O–H groups in total. The van der Waals surface area contributed by atoms with E-state index in [1.165, 1.54) is 0 Å². The first-order chi connectivity index (χ1) is 6.36. The second-order valence-corrected chi connectivity index (χ2v) is 2.86. The summed E-state index contributed by atoms with van der Waals surface area (Å²) in [5, 5.41) is 13.9. The Kier molecular flexibility index (Phi) is 2.11. The summed E-state index contributed by atoms with van der Waals surface area (Å²) in [6, 6.07) is 0. The van der Waals surface area contributed by atoms with Crippen molar-refractivity contribution in [2.24, 2.45) is 12.0 Å². The van der Waals surface area contributed by atoms with Crippen LogP contribution >= 0.6 is 0 Å². The van der Waals surface area contributed by atoms with Crippen LogP contribution in [0.5, 0.6) is 0 Å². The molecule has 1 aliphatic rings. The highest BCUT2D eigenvalue weighted by Crippen LogP contribution is 1.92. The highest BCUT2D eigenvalue weighted by Gasteiger charge is 2.05. The standard InChI is InChI=1S/C7H12N6/c1-13-6(5-11-12-13)4-10-7-8-2-3-9-7/h5H,2-4H2,1H3,(H2,8,9,10). The zero-order valence-corrected chi connectivity index (χ0v) is 7.49. The van der Waals surface area contributed by atoms with Gasteiger partial charge >= 0.3 is 0 Å². The average molecular weight is 180 g/mol. The average Bonchev–Trinajstić information content (AvgIpc) is 2.72. The van der Waals surface area contributed by atoms with E-state index in [-0.39, 0.29) is 0 Å². The fourth-order valence-electron chi connectivity index (χ4n) is 1.16. The van der Waals surface area contributed by atoms with Crippen LogP contribution in [0.3, 0.4) is 0 Å². The van der Waals surface area contributed by atoms with Gasteiger partial charge in [-0.15, -0.1) is 5.10 Å². The van der Waals surface area contributed by atoms with E-state index in [9.17, 15) is 0 Å². The smallest absolute Gasteiger partial charge is 0.191 e. The third-order valence-corrected chi connectivity index (χ3v) is 1.92. The summed E-state index contributed by atoms with van der Waals surface area (Å²) in [5.41, 5.74) is 1.04. The summed E-state index contributed by atoms with van der Waals surface area (Å²) in [4.78, 5) is 4.21. The summed E-state index contributed by atoms with van der Waals surface area (Å²) in [6.07, 6.45) is 1.74. The second kappa shape index (κ2) is 3.42. The minimum atomic E-state index is 0.704. The van der Waals surface area contributed by atoms with Crippen molar-refractivity contribution in [3.63, 3.8) is 0 Å². The number of hydrogen-bond acceptors (Lipinski definition) is 5. The Labute approximate surface area is 76.0 Å². The molecule has 1 aliphatic heterocycles. The van der Waals surface area contributed by atoms with E-state index in [0.29, 0.717) is 6.54 Å². The number of nitrogens with one attached hydrogen (secondary N) is 2. The Morgan fingerprint density at radius 1 is 1.69 bits per heavy atom. The Morgan fingerprint density at radius 3 is 3.23 bits per heavy atom. The molecule has 0 saturated heterocycles. The van der Waals surface area contributed by atoms with Crippen molar-refractivity contribution in [2.75, 3.05) is 13.1 Å². The van der Waals surface area contributed by atoms with E-state index < -0.39 is 0 Å². The van der Waals surface area contributed by atoms with Gasteiger partial charge in [0.2, 0.25) is 0 Å². The minimum Gasteiger partial charge on any atom is -0.355 e. The van der Waals surface area contributed by atoms with Gasteiger partial charge in [0.1, 0.15) is 0 Å². The first-order valence-corrected chi connectivity index (χ1v) is 4.22. The summed E-state index contributed by atoms with van der Waals surface area (Å²) in [5.74, 6) is 0.862. The largest absolute Gasteiger partial charge is 0.355 e. The van der Waals surface area contributed by atoms with Crippen molar-refractivity contribution < 1.29 is 0 Å². The Balaban J connectivity index is 1.89. The lowest BCUT2D eigenvalue weighted by Gasteiger charge is -2.05. The molecule has 70 valence electrons. The molecule has 0 fully saturated rings. The van der Waals surface area contributed by atoms with Crippen molar-refractivity contribution in [2.45, 2.75) is 6.54 Å². The number of nitrogens with zero attached hydrogens (tertiary/aromatic N) is 4. The van der Waals surface area contributed by atoms with Gasteiger partial charge in [-0.2, -0.15) is 0 Å². The van der Waals surface area contributed by atoms with Gasteiger partial charge in [0, 0.05) is 13.6 Å². The van der Waals surface area contributed by atoms with Gasteiger partial charge < -0.3 is 10.6 Å². The van der Waals surface area contributed by atoms with E-state index in [2.05, 4.69) is 25.9 Å². The lowest BCUT2D eigenvalue weighted by atomic mass is 10.4. The fraction of sp³-hybridized carbons (Fsp3) is 0.571.